The van der Waals surface area contributed by atoms with Crippen molar-refractivity contribution in [1.29, 1.82) is 0 Å². The van der Waals surface area contributed by atoms with Crippen LogP contribution in [0.5, 0.6) is 0 Å². The third kappa shape index (κ3) is 1.52. The van der Waals surface area contributed by atoms with Gasteiger partial charge in [-0.2, -0.15) is 0 Å². The van der Waals surface area contributed by atoms with Crippen LogP contribution in [0.4, 0.5) is 0 Å². The van der Waals surface area contributed by atoms with Gasteiger partial charge in [-0.1, -0.05) is 0 Å². The molecule has 1 heterocycles. The lowest BCUT2D eigenvalue weighted by molar-refractivity contribution is 0.0213. The summed E-state index contributed by atoms with van der Waals surface area (Å²) in [5.74, 6) is 0. The Labute approximate surface area is 50.8 Å². The minimum absolute atomic E-state index is 1.51. The average molecular weight is 108 g/mol. The summed E-state index contributed by atoms with van der Waals surface area (Å²) in [5.41, 5.74) is 0. The van der Waals surface area contributed by atoms with Crippen molar-refractivity contribution in [1.82, 2.24) is 15.2 Å². The summed E-state index contributed by atoms with van der Waals surface area (Å²) in [7, 11) is 6.63. The van der Waals surface area contributed by atoms with Crippen LogP contribution in [0.1, 0.15) is 0 Å². The van der Waals surface area contributed by atoms with Gasteiger partial charge in [-0.05, 0) is 0 Å². The molecule has 7 heteroatoms. The first-order chi connectivity index (χ1) is 3.93. The van der Waals surface area contributed by atoms with Crippen LogP contribution in [-0.4, -0.2) is 34.6 Å². The molecule has 4 nitrogen and oxygen atoms in total. The fraction of sp³-hybridized carbons (Fsp3) is 1.00. The summed E-state index contributed by atoms with van der Waals surface area (Å²) in [5, 5.41) is 5.59. The first kappa shape index (κ1) is 6.16. The molecule has 0 spiro atoms. The quantitative estimate of drug-likeness (QED) is 0.368. The lowest BCUT2D eigenvalue weighted by Gasteiger charge is -2.21. The number of hydrogen-bond donors (Lipinski definition) is 2. The van der Waals surface area contributed by atoms with Crippen molar-refractivity contribution in [3.63, 3.8) is 0 Å². The number of nitrogens with one attached hydrogen (secondary N) is 2. The topological polar surface area (TPSA) is 36.5 Å². The van der Waals surface area contributed by atoms with Crippen LogP contribution in [0, 0.1) is 0 Å². The smallest absolute Gasteiger partial charge is 0.314 e. The predicted octanol–water partition coefficient (Wildman–Crippen LogP) is -2.35. The van der Waals surface area contributed by atoms with Crippen molar-refractivity contribution in [2.24, 2.45) is 0 Å². The molecule has 0 bridgehead atoms. The highest BCUT2D eigenvalue weighted by Gasteiger charge is 2.12. The average Bonchev–Trinajstić information content (AvgIpc) is 1.90. The monoisotopic (exact) mass is 108 g/mol. The Hall–Kier alpha value is 0.0348. The highest BCUT2D eigenvalue weighted by Crippen LogP contribution is 1.77. The van der Waals surface area contributed by atoms with E-state index in [0.717, 1.165) is 0 Å². The summed E-state index contributed by atoms with van der Waals surface area (Å²) in [4.78, 5) is 6.28. The van der Waals surface area contributed by atoms with Crippen molar-refractivity contribution >= 4 is 22.6 Å². The molecule has 39 valence electrons. The van der Waals surface area contributed by atoms with E-state index in [1.807, 2.05) is 0 Å². The van der Waals surface area contributed by atoms with Crippen molar-refractivity contribution in [3.8, 4) is 0 Å². The predicted molar refractivity (Wildman–Crippen MR) is 32.4 cm³/mol. The van der Waals surface area contributed by atoms with Gasteiger partial charge in [-0.3, -0.25) is 0 Å². The Kier molecular flexibility index (Phi) is 2.42. The molecule has 1 aliphatic rings. The standard InChI is InChI=1S/CH5B3N3O/c1-8-7-3-5-2-6-4-7/h5-6H,1H3. The molecule has 1 saturated heterocycles. The second-order valence-electron chi connectivity index (χ2n) is 1.28. The second-order valence-corrected chi connectivity index (χ2v) is 1.28. The van der Waals surface area contributed by atoms with E-state index in [9.17, 15) is 0 Å². The van der Waals surface area contributed by atoms with Gasteiger partial charge in [-0.25, -0.2) is 4.89 Å². The molecule has 1 aliphatic heterocycles. The molecule has 0 aromatic carbocycles. The van der Waals surface area contributed by atoms with E-state index >= 15 is 0 Å². The molecule has 1 fully saturated rings. The highest BCUT2D eigenvalue weighted by molar-refractivity contribution is 6.64. The van der Waals surface area contributed by atoms with Gasteiger partial charge in [0.05, 0.1) is 7.11 Å². The van der Waals surface area contributed by atoms with Gasteiger partial charge < -0.3 is 15.1 Å². The fourth-order valence-corrected chi connectivity index (χ4v) is 0.412. The molecule has 1 rings (SSSR count). The van der Waals surface area contributed by atoms with E-state index in [1.165, 1.54) is 4.89 Å². The molecule has 2 N–H and O–H groups in total. The van der Waals surface area contributed by atoms with Crippen molar-refractivity contribution in [2.45, 2.75) is 0 Å². The first-order valence-electron chi connectivity index (χ1n) is 2.26. The number of hydrogen-bond acceptors (Lipinski definition) is 4. The molecular formula is CH5B3N3O. The Bertz CT molecular complexity index is 65.5. The lowest BCUT2D eigenvalue weighted by Crippen LogP contribution is -2.57. The van der Waals surface area contributed by atoms with Gasteiger partial charge >= 0.3 is 15.1 Å². The molecule has 0 amide bonds. The SMILES string of the molecule is CON1[B]N[B]N[B]1. The molecule has 0 aliphatic carbocycles. The van der Waals surface area contributed by atoms with Gasteiger partial charge in [0.25, 0.3) is 7.55 Å². The van der Waals surface area contributed by atoms with Crippen LogP contribution < -0.4 is 10.3 Å². The fourth-order valence-electron chi connectivity index (χ4n) is 0.412. The molecule has 0 atom stereocenters. The Morgan fingerprint density at radius 2 is 2.00 bits per heavy atom. The van der Waals surface area contributed by atoms with E-state index in [0.29, 0.717) is 0 Å². The van der Waals surface area contributed by atoms with E-state index in [-0.39, 0.29) is 0 Å². The van der Waals surface area contributed by atoms with E-state index < -0.39 is 0 Å². The van der Waals surface area contributed by atoms with Crippen molar-refractivity contribution in [2.75, 3.05) is 7.11 Å². The minimum Gasteiger partial charge on any atom is -0.377 e. The summed E-state index contributed by atoms with van der Waals surface area (Å²) in [6.07, 6.45) is 0. The summed E-state index contributed by atoms with van der Waals surface area (Å²) < 4.78 is 0. The van der Waals surface area contributed by atoms with Gasteiger partial charge in [0, 0.05) is 0 Å². The zero-order valence-corrected chi connectivity index (χ0v) is 4.59. The molecule has 0 aromatic heterocycles. The lowest BCUT2D eigenvalue weighted by atomic mass is 9.84. The zero-order valence-electron chi connectivity index (χ0n) is 4.59. The third-order valence-electron chi connectivity index (χ3n) is 0.781. The van der Waals surface area contributed by atoms with Crippen LogP contribution >= 0.6 is 0 Å². The maximum absolute atomic E-state index is 4.77. The maximum Gasteiger partial charge on any atom is 0.314 e. The second kappa shape index (κ2) is 3.14. The van der Waals surface area contributed by atoms with E-state index in [1.54, 1.807) is 29.8 Å². The van der Waals surface area contributed by atoms with Crippen LogP contribution in [-0.2, 0) is 4.84 Å². The van der Waals surface area contributed by atoms with Crippen molar-refractivity contribution < 1.29 is 4.84 Å². The molecule has 0 saturated carbocycles. The Morgan fingerprint density at radius 3 is 2.38 bits per heavy atom. The maximum atomic E-state index is 4.77. The van der Waals surface area contributed by atoms with Crippen LogP contribution in [0.3, 0.4) is 0 Å². The molecule has 0 aromatic rings. The third-order valence-corrected chi connectivity index (χ3v) is 0.781. The summed E-state index contributed by atoms with van der Waals surface area (Å²) in [6, 6.07) is 0. The van der Waals surface area contributed by atoms with Crippen molar-refractivity contribution in [3.05, 3.63) is 0 Å². The van der Waals surface area contributed by atoms with E-state index in [4.69, 9.17) is 4.84 Å². The van der Waals surface area contributed by atoms with Crippen LogP contribution in [0.15, 0.2) is 0 Å². The van der Waals surface area contributed by atoms with Crippen LogP contribution in [0.25, 0.3) is 0 Å². The first-order valence-corrected chi connectivity index (χ1v) is 2.26. The largest absolute Gasteiger partial charge is 0.377 e. The Morgan fingerprint density at radius 1 is 1.38 bits per heavy atom. The van der Waals surface area contributed by atoms with E-state index in [2.05, 4.69) is 10.3 Å². The van der Waals surface area contributed by atoms with Gasteiger partial charge in [0.1, 0.15) is 0 Å². The molecular weight excluding hydrogens is 102 g/mol. The zero-order chi connectivity index (χ0) is 5.82. The van der Waals surface area contributed by atoms with Crippen LogP contribution in [0.2, 0.25) is 0 Å². The number of nitrogens with zero attached hydrogens (tertiary/aromatic N) is 1. The molecule has 0 unspecified atom stereocenters. The summed E-state index contributed by atoms with van der Waals surface area (Å²) in [6.45, 7) is 0. The molecule has 8 heavy (non-hydrogen) atoms. The van der Waals surface area contributed by atoms with Gasteiger partial charge in [0.2, 0.25) is 0 Å². The number of rotatable bonds is 1. The highest BCUT2D eigenvalue weighted by atomic mass is 16.7. The molecule has 3 radical (unpaired) electrons. The van der Waals surface area contributed by atoms with Gasteiger partial charge in [0.15, 0.2) is 0 Å². The summed E-state index contributed by atoms with van der Waals surface area (Å²) >= 11 is 0. The normalized spacial score (nSPS) is 20.6. The van der Waals surface area contributed by atoms with Gasteiger partial charge in [-0.15, -0.1) is 0 Å². The Balaban J connectivity index is 2.13. The minimum atomic E-state index is 1.51.